The quantitative estimate of drug-likeness (QED) is 0.556. The minimum Gasteiger partial charge on any atom is -0.326 e. The monoisotopic (exact) mass is 452 g/mol. The Morgan fingerprint density at radius 3 is 2.32 bits per heavy atom. The Bertz CT molecular complexity index is 1370. The van der Waals surface area contributed by atoms with E-state index in [1.807, 2.05) is 34.8 Å². The molecule has 7 heteroatoms. The molecule has 4 aliphatic rings. The van der Waals surface area contributed by atoms with Gasteiger partial charge in [0.15, 0.2) is 0 Å². The van der Waals surface area contributed by atoms with Gasteiger partial charge in [0.05, 0.1) is 28.9 Å². The summed E-state index contributed by atoms with van der Waals surface area (Å²) in [4.78, 5) is 43.2. The van der Waals surface area contributed by atoms with Gasteiger partial charge in [0.25, 0.3) is 17.7 Å². The molecule has 2 aliphatic carbocycles. The Balaban J connectivity index is 1.22. The second kappa shape index (κ2) is 6.65. The number of aryl methyl sites for hydroxylation is 1. The fraction of sp³-hybridized carbons (Fsp3) is 0.333. The van der Waals surface area contributed by atoms with Gasteiger partial charge in [-0.1, -0.05) is 18.2 Å². The third kappa shape index (κ3) is 2.64. The predicted molar refractivity (Wildman–Crippen MR) is 124 cm³/mol. The molecule has 3 heterocycles. The maximum Gasteiger partial charge on any atom is 0.261 e. The first-order chi connectivity index (χ1) is 16.5. The highest BCUT2D eigenvalue weighted by molar-refractivity contribution is 6.21. The van der Waals surface area contributed by atoms with Crippen LogP contribution in [0.15, 0.2) is 54.7 Å². The summed E-state index contributed by atoms with van der Waals surface area (Å²) in [5, 5.41) is 4.26. The van der Waals surface area contributed by atoms with Crippen molar-refractivity contribution in [2.24, 2.45) is 18.9 Å². The molecule has 3 amide bonds. The van der Waals surface area contributed by atoms with E-state index in [4.69, 9.17) is 0 Å². The number of aromatic nitrogens is 2. The van der Waals surface area contributed by atoms with Gasteiger partial charge in [0.1, 0.15) is 0 Å². The lowest BCUT2D eigenvalue weighted by atomic mass is 10.0. The normalized spacial score (nSPS) is 25.2. The summed E-state index contributed by atoms with van der Waals surface area (Å²) < 4.78 is 1.82. The molecule has 170 valence electrons. The molecular formula is C27H24N4O3. The molecule has 3 aromatic rings. The van der Waals surface area contributed by atoms with Crippen molar-refractivity contribution in [2.75, 3.05) is 6.54 Å². The molecule has 2 saturated carbocycles. The Hall–Kier alpha value is -3.74. The van der Waals surface area contributed by atoms with Crippen LogP contribution < -0.4 is 0 Å². The highest BCUT2D eigenvalue weighted by atomic mass is 16.2. The summed E-state index contributed by atoms with van der Waals surface area (Å²) in [6.45, 7) is 0.779. The van der Waals surface area contributed by atoms with Crippen molar-refractivity contribution in [1.29, 1.82) is 0 Å². The predicted octanol–water partition coefficient (Wildman–Crippen LogP) is 3.51. The fourth-order valence-corrected chi connectivity index (χ4v) is 6.16. The van der Waals surface area contributed by atoms with E-state index in [1.54, 1.807) is 30.5 Å². The van der Waals surface area contributed by atoms with Crippen LogP contribution in [-0.4, -0.2) is 49.4 Å². The van der Waals surface area contributed by atoms with Crippen molar-refractivity contribution in [3.8, 4) is 11.3 Å². The van der Waals surface area contributed by atoms with Crippen molar-refractivity contribution in [3.05, 3.63) is 77.0 Å². The van der Waals surface area contributed by atoms with Gasteiger partial charge in [0.2, 0.25) is 0 Å². The molecule has 0 bridgehead atoms. The molecule has 2 aliphatic heterocycles. The lowest BCUT2D eigenvalue weighted by Crippen LogP contribution is -2.49. The second-order valence-electron chi connectivity index (χ2n) is 10.1. The first-order valence-corrected chi connectivity index (χ1v) is 11.9. The average Bonchev–Trinajstić information content (AvgIpc) is 3.72. The summed E-state index contributed by atoms with van der Waals surface area (Å²) in [6.07, 6.45) is 4.93. The number of fused-ring (bicyclic) bond motifs is 2. The van der Waals surface area contributed by atoms with Crippen LogP contribution in [0.5, 0.6) is 0 Å². The van der Waals surface area contributed by atoms with E-state index in [-0.39, 0.29) is 24.3 Å². The number of carbonyl (C=O) groups is 3. The van der Waals surface area contributed by atoms with Crippen molar-refractivity contribution in [3.63, 3.8) is 0 Å². The lowest BCUT2D eigenvalue weighted by molar-refractivity contribution is 0.0471. The molecule has 7 rings (SSSR count). The maximum absolute atomic E-state index is 13.6. The molecule has 0 spiro atoms. The smallest absolute Gasteiger partial charge is 0.261 e. The SMILES string of the molecule is Cn1nccc1-c1ccc2c(c1)CN([C@@]1(CN3C(=O)c4ccccc4C3=O)CC1C1CC1)C2=O. The van der Waals surface area contributed by atoms with Gasteiger partial charge in [-0.25, -0.2) is 0 Å². The number of carbonyl (C=O) groups excluding carboxylic acids is 3. The molecule has 2 aromatic carbocycles. The number of amides is 3. The summed E-state index contributed by atoms with van der Waals surface area (Å²) in [6, 6.07) is 14.9. The van der Waals surface area contributed by atoms with Gasteiger partial charge in [0, 0.05) is 30.9 Å². The van der Waals surface area contributed by atoms with Gasteiger partial charge < -0.3 is 4.90 Å². The van der Waals surface area contributed by atoms with Gasteiger partial charge in [-0.05, 0) is 67.0 Å². The maximum atomic E-state index is 13.6. The summed E-state index contributed by atoms with van der Waals surface area (Å²) in [7, 11) is 1.90. The number of nitrogens with zero attached hydrogens (tertiary/aromatic N) is 4. The average molecular weight is 453 g/mol. The Morgan fingerprint density at radius 1 is 0.941 bits per heavy atom. The molecule has 2 atom stereocenters. The Labute approximate surface area is 197 Å². The zero-order chi connectivity index (χ0) is 23.2. The molecule has 2 fully saturated rings. The van der Waals surface area contributed by atoms with E-state index in [2.05, 4.69) is 11.2 Å². The number of imide groups is 1. The molecule has 34 heavy (non-hydrogen) atoms. The van der Waals surface area contributed by atoms with E-state index < -0.39 is 5.54 Å². The van der Waals surface area contributed by atoms with Crippen molar-refractivity contribution >= 4 is 17.7 Å². The fourth-order valence-electron chi connectivity index (χ4n) is 6.16. The molecule has 0 radical (unpaired) electrons. The number of benzene rings is 2. The minimum atomic E-state index is -0.475. The molecule has 0 N–H and O–H groups in total. The van der Waals surface area contributed by atoms with Crippen molar-refractivity contribution in [2.45, 2.75) is 31.3 Å². The largest absolute Gasteiger partial charge is 0.326 e. The topological polar surface area (TPSA) is 75.5 Å². The number of hydrogen-bond acceptors (Lipinski definition) is 4. The standard InChI is InChI=1S/C27H24N4O3/c1-29-23(10-11-28-29)17-8-9-19-18(12-17)14-31(26(19)34)27(13-22(27)16-6-7-16)15-30-24(32)20-4-2-3-5-21(20)25(30)33/h2-5,8-12,16,22H,6-7,13-15H2,1H3/t22?,27-/m1/s1. The van der Waals surface area contributed by atoms with Crippen LogP contribution in [0.4, 0.5) is 0 Å². The van der Waals surface area contributed by atoms with Crippen molar-refractivity contribution in [1.82, 2.24) is 19.6 Å². The van der Waals surface area contributed by atoms with Crippen LogP contribution in [0.2, 0.25) is 0 Å². The van der Waals surface area contributed by atoms with Crippen LogP contribution >= 0.6 is 0 Å². The highest BCUT2D eigenvalue weighted by Gasteiger charge is 2.66. The summed E-state index contributed by atoms with van der Waals surface area (Å²) >= 11 is 0. The van der Waals surface area contributed by atoms with Crippen LogP contribution in [0.1, 0.15) is 55.9 Å². The van der Waals surface area contributed by atoms with E-state index in [0.717, 1.165) is 36.1 Å². The summed E-state index contributed by atoms with van der Waals surface area (Å²) in [5.74, 6) is 0.433. The summed E-state index contributed by atoms with van der Waals surface area (Å²) in [5.41, 5.74) is 4.18. The molecule has 1 aromatic heterocycles. The van der Waals surface area contributed by atoms with Gasteiger partial charge >= 0.3 is 0 Å². The molecule has 7 nitrogen and oxygen atoms in total. The first-order valence-electron chi connectivity index (χ1n) is 11.9. The van der Waals surface area contributed by atoms with E-state index in [0.29, 0.717) is 35.1 Å². The van der Waals surface area contributed by atoms with E-state index >= 15 is 0 Å². The molecule has 0 saturated heterocycles. The van der Waals surface area contributed by atoms with Crippen LogP contribution in [0, 0.1) is 11.8 Å². The Kier molecular flexibility index (Phi) is 3.86. The second-order valence-corrected chi connectivity index (χ2v) is 10.1. The third-order valence-corrected chi connectivity index (χ3v) is 8.17. The zero-order valence-electron chi connectivity index (χ0n) is 18.9. The lowest BCUT2D eigenvalue weighted by Gasteiger charge is -2.32. The number of rotatable bonds is 5. The third-order valence-electron chi connectivity index (χ3n) is 8.17. The first kappa shape index (κ1) is 19.7. The molecular weight excluding hydrogens is 428 g/mol. The van der Waals surface area contributed by atoms with Crippen molar-refractivity contribution < 1.29 is 14.4 Å². The Morgan fingerprint density at radius 2 is 1.68 bits per heavy atom. The van der Waals surface area contributed by atoms with Crippen LogP contribution in [0.3, 0.4) is 0 Å². The van der Waals surface area contributed by atoms with Crippen LogP contribution in [-0.2, 0) is 13.6 Å². The van der Waals surface area contributed by atoms with Gasteiger partial charge in [-0.15, -0.1) is 0 Å². The van der Waals surface area contributed by atoms with Crippen LogP contribution in [0.25, 0.3) is 11.3 Å². The van der Waals surface area contributed by atoms with E-state index in [9.17, 15) is 14.4 Å². The number of hydrogen-bond donors (Lipinski definition) is 0. The van der Waals surface area contributed by atoms with Gasteiger partial charge in [-0.3, -0.25) is 24.0 Å². The molecule has 1 unspecified atom stereocenters. The minimum absolute atomic E-state index is 0.00585. The highest BCUT2D eigenvalue weighted by Crippen LogP contribution is 2.61. The zero-order valence-corrected chi connectivity index (χ0v) is 18.9. The van der Waals surface area contributed by atoms with Gasteiger partial charge in [-0.2, -0.15) is 5.10 Å². The van der Waals surface area contributed by atoms with E-state index in [1.165, 1.54) is 4.90 Å².